The minimum Gasteiger partial charge on any atom is -0.370 e. The largest absolute Gasteiger partial charge is 0.370 e. The first-order valence-corrected chi connectivity index (χ1v) is 7.49. The topological polar surface area (TPSA) is 37.8 Å². The Morgan fingerprint density at radius 2 is 2.00 bits per heavy atom. The predicted molar refractivity (Wildman–Crippen MR) is 83.0 cm³/mol. The van der Waals surface area contributed by atoms with Gasteiger partial charge in [-0.05, 0) is 57.4 Å². The van der Waals surface area contributed by atoms with Gasteiger partial charge in [0.05, 0.1) is 5.69 Å². The summed E-state index contributed by atoms with van der Waals surface area (Å²) in [7, 11) is 0. The predicted octanol–water partition coefficient (Wildman–Crippen LogP) is 4.21. The number of aromatic nitrogens is 2. The lowest BCUT2D eigenvalue weighted by molar-refractivity contribution is 0.627. The van der Waals surface area contributed by atoms with Crippen LogP contribution in [-0.2, 0) is 0 Å². The van der Waals surface area contributed by atoms with E-state index in [4.69, 9.17) is 4.98 Å². The number of rotatable bonds is 4. The van der Waals surface area contributed by atoms with Crippen LogP contribution in [0.25, 0.3) is 11.3 Å². The van der Waals surface area contributed by atoms with Crippen LogP contribution < -0.4 is 5.32 Å². The van der Waals surface area contributed by atoms with Gasteiger partial charge in [0, 0.05) is 23.6 Å². The number of benzene rings is 1. The van der Waals surface area contributed by atoms with Gasteiger partial charge in [0.2, 0.25) is 0 Å². The third-order valence-electron chi connectivity index (χ3n) is 3.89. The molecule has 1 aromatic heterocycles. The van der Waals surface area contributed by atoms with Crippen molar-refractivity contribution < 1.29 is 4.39 Å². The van der Waals surface area contributed by atoms with E-state index < -0.39 is 0 Å². The summed E-state index contributed by atoms with van der Waals surface area (Å²) >= 11 is 0. The molecule has 3 rings (SSSR count). The molecule has 1 aromatic carbocycles. The first-order valence-electron chi connectivity index (χ1n) is 7.49. The molecule has 0 spiro atoms. The van der Waals surface area contributed by atoms with Crippen LogP contribution in [0.15, 0.2) is 18.2 Å². The molecular formula is C17H20FN3. The average molecular weight is 285 g/mol. The first kappa shape index (κ1) is 14.0. The molecule has 1 saturated carbocycles. The second kappa shape index (κ2) is 5.43. The highest BCUT2D eigenvalue weighted by molar-refractivity contribution is 5.71. The number of halogens is 1. The highest BCUT2D eigenvalue weighted by Gasteiger charge is 2.28. The molecule has 0 atom stereocenters. The molecule has 1 aliphatic rings. The zero-order chi connectivity index (χ0) is 15.0. The van der Waals surface area contributed by atoms with Gasteiger partial charge in [-0.1, -0.05) is 0 Å². The van der Waals surface area contributed by atoms with Crippen molar-refractivity contribution in [1.29, 1.82) is 0 Å². The standard InChI is InChI=1S/C17H20FN3/c1-4-19-16-11(3)15(20-17(21-16)12-5-6-12)14-8-7-13(18)9-10(14)2/h7-9,12H,4-6H2,1-3H3,(H,19,20,21). The van der Waals surface area contributed by atoms with E-state index in [1.807, 2.05) is 19.9 Å². The molecule has 21 heavy (non-hydrogen) atoms. The van der Waals surface area contributed by atoms with E-state index in [2.05, 4.69) is 17.2 Å². The van der Waals surface area contributed by atoms with Gasteiger partial charge >= 0.3 is 0 Å². The maximum Gasteiger partial charge on any atom is 0.134 e. The fourth-order valence-corrected chi connectivity index (χ4v) is 2.55. The van der Waals surface area contributed by atoms with Crippen LogP contribution in [0.3, 0.4) is 0 Å². The zero-order valence-corrected chi connectivity index (χ0v) is 12.7. The van der Waals surface area contributed by atoms with Crippen molar-refractivity contribution in [3.05, 3.63) is 41.0 Å². The molecule has 2 aromatic rings. The summed E-state index contributed by atoms with van der Waals surface area (Å²) in [6.07, 6.45) is 2.33. The van der Waals surface area contributed by atoms with Gasteiger partial charge < -0.3 is 5.32 Å². The molecule has 0 radical (unpaired) electrons. The quantitative estimate of drug-likeness (QED) is 0.914. The fraction of sp³-hybridized carbons (Fsp3) is 0.412. The second-order valence-corrected chi connectivity index (χ2v) is 5.67. The van der Waals surface area contributed by atoms with Crippen LogP contribution >= 0.6 is 0 Å². The molecule has 0 amide bonds. The Kier molecular flexibility index (Phi) is 3.62. The van der Waals surface area contributed by atoms with Crippen LogP contribution in [0.2, 0.25) is 0 Å². The van der Waals surface area contributed by atoms with Crippen molar-refractivity contribution in [2.45, 2.75) is 39.5 Å². The number of hydrogen-bond donors (Lipinski definition) is 1. The molecule has 1 heterocycles. The van der Waals surface area contributed by atoms with Gasteiger partial charge in [0.15, 0.2) is 0 Å². The zero-order valence-electron chi connectivity index (χ0n) is 12.7. The Bertz CT molecular complexity index is 678. The van der Waals surface area contributed by atoms with Crippen molar-refractivity contribution in [3.8, 4) is 11.3 Å². The summed E-state index contributed by atoms with van der Waals surface area (Å²) in [6, 6.07) is 4.86. The molecule has 0 bridgehead atoms. The van der Waals surface area contributed by atoms with Gasteiger partial charge in [-0.3, -0.25) is 0 Å². The minimum absolute atomic E-state index is 0.211. The molecule has 0 saturated heterocycles. The Labute approximate surface area is 124 Å². The summed E-state index contributed by atoms with van der Waals surface area (Å²) in [5.74, 6) is 2.09. The van der Waals surface area contributed by atoms with E-state index in [9.17, 15) is 4.39 Å². The Hall–Kier alpha value is -1.97. The molecular weight excluding hydrogens is 265 g/mol. The third-order valence-corrected chi connectivity index (χ3v) is 3.89. The molecule has 0 unspecified atom stereocenters. The van der Waals surface area contributed by atoms with Gasteiger partial charge in [-0.15, -0.1) is 0 Å². The van der Waals surface area contributed by atoms with Crippen molar-refractivity contribution >= 4 is 5.82 Å². The second-order valence-electron chi connectivity index (χ2n) is 5.67. The molecule has 1 aliphatic carbocycles. The smallest absolute Gasteiger partial charge is 0.134 e. The maximum atomic E-state index is 13.3. The Morgan fingerprint density at radius 1 is 1.24 bits per heavy atom. The van der Waals surface area contributed by atoms with Gasteiger partial charge in [0.1, 0.15) is 17.5 Å². The lowest BCUT2D eigenvalue weighted by atomic mass is 10.0. The van der Waals surface area contributed by atoms with E-state index in [0.717, 1.165) is 53.4 Å². The number of aryl methyl sites for hydroxylation is 1. The van der Waals surface area contributed by atoms with E-state index in [-0.39, 0.29) is 5.82 Å². The van der Waals surface area contributed by atoms with Crippen LogP contribution in [-0.4, -0.2) is 16.5 Å². The highest BCUT2D eigenvalue weighted by atomic mass is 19.1. The molecule has 1 N–H and O–H groups in total. The van der Waals surface area contributed by atoms with E-state index in [1.54, 1.807) is 6.07 Å². The van der Waals surface area contributed by atoms with Crippen LogP contribution in [0, 0.1) is 19.7 Å². The summed E-state index contributed by atoms with van der Waals surface area (Å²) in [5.41, 5.74) is 3.83. The van der Waals surface area contributed by atoms with Crippen molar-refractivity contribution in [3.63, 3.8) is 0 Å². The van der Waals surface area contributed by atoms with E-state index >= 15 is 0 Å². The number of hydrogen-bond acceptors (Lipinski definition) is 3. The number of nitrogens with one attached hydrogen (secondary N) is 1. The van der Waals surface area contributed by atoms with E-state index in [0.29, 0.717) is 5.92 Å². The maximum absolute atomic E-state index is 13.3. The first-order chi connectivity index (χ1) is 10.1. The van der Waals surface area contributed by atoms with Crippen LogP contribution in [0.5, 0.6) is 0 Å². The normalized spacial score (nSPS) is 14.3. The number of anilines is 1. The lowest BCUT2D eigenvalue weighted by Crippen LogP contribution is -2.08. The van der Waals surface area contributed by atoms with Gasteiger partial charge in [0.25, 0.3) is 0 Å². The lowest BCUT2D eigenvalue weighted by Gasteiger charge is -2.14. The molecule has 0 aliphatic heterocycles. The summed E-state index contributed by atoms with van der Waals surface area (Å²) in [5, 5.41) is 3.31. The molecule has 110 valence electrons. The van der Waals surface area contributed by atoms with Gasteiger partial charge in [-0.25, -0.2) is 14.4 Å². The SMILES string of the molecule is CCNc1nc(C2CC2)nc(-c2ccc(F)cc2C)c1C. The van der Waals surface area contributed by atoms with Crippen molar-refractivity contribution in [1.82, 2.24) is 9.97 Å². The van der Waals surface area contributed by atoms with E-state index in [1.165, 1.54) is 6.07 Å². The Morgan fingerprint density at radius 3 is 2.62 bits per heavy atom. The number of nitrogens with zero attached hydrogens (tertiary/aromatic N) is 2. The monoisotopic (exact) mass is 285 g/mol. The van der Waals surface area contributed by atoms with Crippen molar-refractivity contribution in [2.24, 2.45) is 0 Å². The van der Waals surface area contributed by atoms with Gasteiger partial charge in [-0.2, -0.15) is 0 Å². The summed E-state index contributed by atoms with van der Waals surface area (Å²) in [4.78, 5) is 9.43. The highest BCUT2D eigenvalue weighted by Crippen LogP contribution is 2.40. The summed E-state index contributed by atoms with van der Waals surface area (Å²) < 4.78 is 13.3. The van der Waals surface area contributed by atoms with Crippen LogP contribution in [0.4, 0.5) is 10.2 Å². The summed E-state index contributed by atoms with van der Waals surface area (Å²) in [6.45, 7) is 6.82. The fourth-order valence-electron chi connectivity index (χ4n) is 2.55. The molecule has 4 heteroatoms. The molecule has 3 nitrogen and oxygen atoms in total. The Balaban J connectivity index is 2.15. The molecule has 1 fully saturated rings. The van der Waals surface area contributed by atoms with Crippen LogP contribution in [0.1, 0.15) is 42.6 Å². The van der Waals surface area contributed by atoms with Crippen molar-refractivity contribution in [2.75, 3.05) is 11.9 Å². The minimum atomic E-state index is -0.211. The average Bonchev–Trinajstić information content (AvgIpc) is 3.26. The third kappa shape index (κ3) is 2.75.